The van der Waals surface area contributed by atoms with E-state index in [9.17, 15) is 4.79 Å². The first-order valence-electron chi connectivity index (χ1n) is 6.62. The van der Waals surface area contributed by atoms with E-state index in [2.05, 4.69) is 0 Å². The molecule has 1 unspecified atom stereocenters. The van der Waals surface area contributed by atoms with Gasteiger partial charge in [0.05, 0.1) is 6.61 Å². The summed E-state index contributed by atoms with van der Waals surface area (Å²) in [6.45, 7) is 2.19. The van der Waals surface area contributed by atoms with E-state index in [-0.39, 0.29) is 5.97 Å². The number of hydrogen-bond donors (Lipinski definition) is 1. The van der Waals surface area contributed by atoms with Gasteiger partial charge in [-0.05, 0) is 24.8 Å². The number of hydrogen-bond acceptors (Lipinski definition) is 3. The van der Waals surface area contributed by atoms with Crippen LogP contribution in [0.3, 0.4) is 0 Å². The third kappa shape index (κ3) is 2.91. The van der Waals surface area contributed by atoms with E-state index >= 15 is 0 Å². The van der Waals surface area contributed by atoms with Gasteiger partial charge in [0.2, 0.25) is 0 Å². The minimum Gasteiger partial charge on any atom is -0.464 e. The summed E-state index contributed by atoms with van der Waals surface area (Å²) in [5, 5.41) is 0. The highest BCUT2D eigenvalue weighted by atomic mass is 16.5. The van der Waals surface area contributed by atoms with Crippen molar-refractivity contribution in [2.24, 2.45) is 11.7 Å². The van der Waals surface area contributed by atoms with Crippen molar-refractivity contribution in [2.75, 3.05) is 6.61 Å². The maximum Gasteiger partial charge on any atom is 0.330 e. The Morgan fingerprint density at radius 3 is 2.61 bits per heavy atom. The molecule has 0 aliphatic heterocycles. The van der Waals surface area contributed by atoms with Crippen molar-refractivity contribution in [2.45, 2.75) is 38.1 Å². The van der Waals surface area contributed by atoms with Gasteiger partial charge in [0.15, 0.2) is 0 Å². The maximum atomic E-state index is 12.0. The van der Waals surface area contributed by atoms with Gasteiger partial charge in [-0.25, -0.2) is 4.79 Å². The first-order chi connectivity index (χ1) is 8.60. The molecule has 0 bridgehead atoms. The molecule has 98 valence electrons. The number of carbonyl (C=O) groups excluding carboxylic acids is 1. The average molecular weight is 247 g/mol. The van der Waals surface area contributed by atoms with Crippen molar-refractivity contribution in [3.8, 4) is 0 Å². The van der Waals surface area contributed by atoms with Crippen molar-refractivity contribution in [1.29, 1.82) is 0 Å². The third-order valence-corrected chi connectivity index (χ3v) is 3.78. The lowest BCUT2D eigenvalue weighted by Gasteiger charge is -2.27. The predicted octanol–water partition coefficient (Wildman–Crippen LogP) is 2.59. The summed E-state index contributed by atoms with van der Waals surface area (Å²) >= 11 is 0. The summed E-state index contributed by atoms with van der Waals surface area (Å²) in [5.74, 6) is 0.409. The molecule has 1 aliphatic carbocycles. The Morgan fingerprint density at radius 1 is 1.39 bits per heavy atom. The van der Waals surface area contributed by atoms with Crippen LogP contribution in [0.15, 0.2) is 30.3 Å². The van der Waals surface area contributed by atoms with E-state index in [0.717, 1.165) is 17.9 Å². The number of carbonyl (C=O) groups is 1. The highest BCUT2D eigenvalue weighted by Crippen LogP contribution is 2.29. The molecular formula is C15H21NO2. The van der Waals surface area contributed by atoms with Gasteiger partial charge in [-0.3, -0.25) is 0 Å². The molecule has 2 N–H and O–H groups in total. The number of esters is 1. The molecule has 3 heteroatoms. The lowest BCUT2D eigenvalue weighted by atomic mass is 9.83. The van der Waals surface area contributed by atoms with Crippen LogP contribution in [0.2, 0.25) is 0 Å². The highest BCUT2D eigenvalue weighted by molar-refractivity contribution is 5.81. The van der Waals surface area contributed by atoms with Crippen LogP contribution in [-0.4, -0.2) is 12.6 Å². The molecule has 0 heterocycles. The Morgan fingerprint density at radius 2 is 2.06 bits per heavy atom. The third-order valence-electron chi connectivity index (χ3n) is 3.78. The van der Waals surface area contributed by atoms with Gasteiger partial charge in [0.25, 0.3) is 0 Å². The largest absolute Gasteiger partial charge is 0.464 e. The van der Waals surface area contributed by atoms with Crippen LogP contribution in [0.5, 0.6) is 0 Å². The van der Waals surface area contributed by atoms with Crippen LogP contribution < -0.4 is 5.73 Å². The smallest absolute Gasteiger partial charge is 0.330 e. The SMILES string of the molecule is CC(N)(C(=O)OCCC1CCC1)c1ccccc1. The molecule has 1 aromatic rings. The number of benzene rings is 1. The van der Waals surface area contributed by atoms with Crippen LogP contribution in [0.25, 0.3) is 0 Å². The van der Waals surface area contributed by atoms with Gasteiger partial charge in [0.1, 0.15) is 5.54 Å². The Kier molecular flexibility index (Phi) is 4.02. The van der Waals surface area contributed by atoms with Crippen molar-refractivity contribution in [1.82, 2.24) is 0 Å². The topological polar surface area (TPSA) is 52.3 Å². The first-order valence-corrected chi connectivity index (χ1v) is 6.62. The van der Waals surface area contributed by atoms with Crippen molar-refractivity contribution in [3.63, 3.8) is 0 Å². The molecule has 0 spiro atoms. The number of ether oxygens (including phenoxy) is 1. The molecule has 0 radical (unpaired) electrons. The second-order valence-electron chi connectivity index (χ2n) is 5.29. The lowest BCUT2D eigenvalue weighted by molar-refractivity contribution is -0.150. The van der Waals surface area contributed by atoms with Crippen LogP contribution >= 0.6 is 0 Å². The fraction of sp³-hybridized carbons (Fsp3) is 0.533. The summed E-state index contributed by atoms with van der Waals surface area (Å²) in [6.07, 6.45) is 4.83. The van der Waals surface area contributed by atoms with E-state index in [1.165, 1.54) is 19.3 Å². The predicted molar refractivity (Wildman–Crippen MR) is 70.9 cm³/mol. The highest BCUT2D eigenvalue weighted by Gasteiger charge is 2.32. The van der Waals surface area contributed by atoms with Crippen LogP contribution in [0.1, 0.15) is 38.2 Å². The van der Waals surface area contributed by atoms with Crippen LogP contribution in [0.4, 0.5) is 0 Å². The quantitative estimate of drug-likeness (QED) is 0.814. The minimum absolute atomic E-state index is 0.340. The van der Waals surface area contributed by atoms with Crippen molar-refractivity contribution >= 4 is 5.97 Å². The average Bonchev–Trinajstić information content (AvgIpc) is 2.33. The standard InChI is InChI=1S/C15H21NO2/c1-15(16,13-8-3-2-4-9-13)14(17)18-11-10-12-6-5-7-12/h2-4,8-9,12H,5-7,10-11,16H2,1H3. The lowest BCUT2D eigenvalue weighted by Crippen LogP contribution is -2.43. The molecular weight excluding hydrogens is 226 g/mol. The molecule has 1 fully saturated rings. The molecule has 18 heavy (non-hydrogen) atoms. The van der Waals surface area contributed by atoms with Crippen LogP contribution in [-0.2, 0) is 15.1 Å². The van der Waals surface area contributed by atoms with Gasteiger partial charge in [-0.1, -0.05) is 49.6 Å². The summed E-state index contributed by atoms with van der Waals surface area (Å²) in [4.78, 5) is 12.0. The Labute approximate surface area is 108 Å². The zero-order chi connectivity index (χ0) is 13.0. The Hall–Kier alpha value is -1.35. The second-order valence-corrected chi connectivity index (χ2v) is 5.29. The Bertz CT molecular complexity index is 396. The van der Waals surface area contributed by atoms with Gasteiger partial charge >= 0.3 is 5.97 Å². The molecule has 1 aliphatic rings. The van der Waals surface area contributed by atoms with E-state index in [4.69, 9.17) is 10.5 Å². The zero-order valence-corrected chi connectivity index (χ0v) is 10.9. The molecule has 0 amide bonds. The molecule has 3 nitrogen and oxygen atoms in total. The molecule has 0 saturated heterocycles. The summed E-state index contributed by atoms with van der Waals surface area (Å²) in [7, 11) is 0. The van der Waals surface area contributed by atoms with E-state index < -0.39 is 5.54 Å². The monoisotopic (exact) mass is 247 g/mol. The maximum absolute atomic E-state index is 12.0. The van der Waals surface area contributed by atoms with Crippen molar-refractivity contribution < 1.29 is 9.53 Å². The van der Waals surface area contributed by atoms with Gasteiger partial charge in [-0.2, -0.15) is 0 Å². The molecule has 0 aromatic heterocycles. The minimum atomic E-state index is -1.05. The summed E-state index contributed by atoms with van der Waals surface area (Å²) < 4.78 is 5.30. The second kappa shape index (κ2) is 5.53. The molecule has 1 atom stereocenters. The first kappa shape index (κ1) is 13.1. The molecule has 2 rings (SSSR count). The number of nitrogens with two attached hydrogens (primary N) is 1. The molecule has 1 aromatic carbocycles. The number of rotatable bonds is 5. The normalized spacial score (nSPS) is 18.8. The van der Waals surface area contributed by atoms with E-state index in [1.54, 1.807) is 6.92 Å². The zero-order valence-electron chi connectivity index (χ0n) is 10.9. The summed E-state index contributed by atoms with van der Waals surface area (Å²) in [5.41, 5.74) is 5.81. The fourth-order valence-corrected chi connectivity index (χ4v) is 2.15. The van der Waals surface area contributed by atoms with Gasteiger partial charge in [0, 0.05) is 0 Å². The van der Waals surface area contributed by atoms with Gasteiger partial charge in [-0.15, -0.1) is 0 Å². The Balaban J connectivity index is 1.86. The van der Waals surface area contributed by atoms with Crippen molar-refractivity contribution in [3.05, 3.63) is 35.9 Å². The molecule has 1 saturated carbocycles. The van der Waals surface area contributed by atoms with E-state index in [1.807, 2.05) is 30.3 Å². The van der Waals surface area contributed by atoms with Crippen LogP contribution in [0, 0.1) is 5.92 Å². The fourth-order valence-electron chi connectivity index (χ4n) is 2.15. The van der Waals surface area contributed by atoms with Gasteiger partial charge < -0.3 is 10.5 Å². The summed E-state index contributed by atoms with van der Waals surface area (Å²) in [6, 6.07) is 9.37. The van der Waals surface area contributed by atoms with E-state index in [0.29, 0.717) is 6.61 Å².